The van der Waals surface area contributed by atoms with Gasteiger partial charge in [0.25, 0.3) is 0 Å². The van der Waals surface area contributed by atoms with Crippen LogP contribution in [-0.4, -0.2) is 17.4 Å². The molecule has 0 aliphatic heterocycles. The van der Waals surface area contributed by atoms with Gasteiger partial charge in [0, 0.05) is 21.5 Å². The van der Waals surface area contributed by atoms with E-state index in [1.54, 1.807) is 24.3 Å². The third-order valence-corrected chi connectivity index (χ3v) is 2.99. The van der Waals surface area contributed by atoms with E-state index in [2.05, 4.69) is 11.9 Å². The summed E-state index contributed by atoms with van der Waals surface area (Å²) in [6, 6.07) is 4.93. The second-order valence-corrected chi connectivity index (χ2v) is 4.91. The number of nitrogens with one attached hydrogen (secondary N) is 1. The normalized spacial score (nSPS) is 9.88. The molecule has 0 unspecified atom stereocenters. The van der Waals surface area contributed by atoms with Gasteiger partial charge < -0.3 is 5.32 Å². The van der Waals surface area contributed by atoms with Crippen molar-refractivity contribution in [1.82, 2.24) is 0 Å². The van der Waals surface area contributed by atoms with Crippen molar-refractivity contribution >= 4 is 46.6 Å². The molecule has 1 aromatic rings. The summed E-state index contributed by atoms with van der Waals surface area (Å²) in [5, 5.41) is 3.72. The van der Waals surface area contributed by atoms with Crippen LogP contribution >= 0.6 is 35.0 Å². The molecular formula is C11H11Cl2NOS. The zero-order valence-corrected chi connectivity index (χ0v) is 10.8. The highest BCUT2D eigenvalue weighted by atomic mass is 35.5. The minimum absolute atomic E-state index is 0.0785. The number of thioether (sulfide) groups is 1. The topological polar surface area (TPSA) is 29.1 Å². The number of carbonyl (C=O) groups excluding carboxylic acids is 1. The van der Waals surface area contributed by atoms with E-state index in [0.29, 0.717) is 21.5 Å². The van der Waals surface area contributed by atoms with Crippen molar-refractivity contribution in [3.63, 3.8) is 0 Å². The van der Waals surface area contributed by atoms with E-state index in [1.807, 2.05) is 0 Å². The maximum absolute atomic E-state index is 11.5. The third-order valence-electron chi connectivity index (χ3n) is 1.62. The molecule has 0 radical (unpaired) electrons. The fourth-order valence-electron chi connectivity index (χ4n) is 1.06. The van der Waals surface area contributed by atoms with Crippen LogP contribution in [0, 0.1) is 0 Å². The van der Waals surface area contributed by atoms with Crippen molar-refractivity contribution in [1.29, 1.82) is 0 Å². The first-order valence-electron chi connectivity index (χ1n) is 4.56. The van der Waals surface area contributed by atoms with Crippen LogP contribution in [0.2, 0.25) is 10.0 Å². The highest BCUT2D eigenvalue weighted by molar-refractivity contribution is 8.00. The van der Waals surface area contributed by atoms with Crippen molar-refractivity contribution < 1.29 is 4.79 Å². The zero-order chi connectivity index (χ0) is 12.0. The number of rotatable bonds is 5. The monoisotopic (exact) mass is 275 g/mol. The summed E-state index contributed by atoms with van der Waals surface area (Å²) in [6.07, 6.45) is 1.76. The molecule has 0 aliphatic carbocycles. The second-order valence-electron chi connectivity index (χ2n) is 3.01. The lowest BCUT2D eigenvalue weighted by atomic mass is 10.3. The van der Waals surface area contributed by atoms with Crippen molar-refractivity contribution in [2.75, 3.05) is 16.8 Å². The minimum atomic E-state index is -0.0785. The van der Waals surface area contributed by atoms with Crippen LogP contribution in [0.15, 0.2) is 30.9 Å². The summed E-state index contributed by atoms with van der Waals surface area (Å²) in [4.78, 5) is 11.5. The number of anilines is 1. The van der Waals surface area contributed by atoms with Gasteiger partial charge in [0.05, 0.1) is 5.75 Å². The van der Waals surface area contributed by atoms with Crippen LogP contribution < -0.4 is 5.32 Å². The molecule has 86 valence electrons. The summed E-state index contributed by atoms with van der Waals surface area (Å²) in [5.41, 5.74) is 0.613. The predicted molar refractivity (Wildman–Crippen MR) is 72.6 cm³/mol. The number of carbonyl (C=O) groups is 1. The van der Waals surface area contributed by atoms with Crippen LogP contribution in [-0.2, 0) is 4.79 Å². The number of halogens is 2. The number of hydrogen-bond donors (Lipinski definition) is 1. The van der Waals surface area contributed by atoms with Gasteiger partial charge in [0.1, 0.15) is 0 Å². The van der Waals surface area contributed by atoms with E-state index < -0.39 is 0 Å². The molecular weight excluding hydrogens is 265 g/mol. The Morgan fingerprint density at radius 3 is 2.56 bits per heavy atom. The summed E-state index contributed by atoms with van der Waals surface area (Å²) >= 11 is 13.1. The number of hydrogen-bond acceptors (Lipinski definition) is 2. The maximum atomic E-state index is 11.5. The summed E-state index contributed by atoms with van der Waals surface area (Å²) in [6.45, 7) is 3.58. The fourth-order valence-corrected chi connectivity index (χ4v) is 2.13. The lowest BCUT2D eigenvalue weighted by Gasteiger charge is -2.05. The average Bonchev–Trinajstić information content (AvgIpc) is 2.16. The molecule has 0 atom stereocenters. The van der Waals surface area contributed by atoms with Crippen LogP contribution in [0.25, 0.3) is 0 Å². The Bertz CT molecular complexity index is 375. The van der Waals surface area contributed by atoms with E-state index in [-0.39, 0.29) is 5.91 Å². The van der Waals surface area contributed by atoms with E-state index in [9.17, 15) is 4.79 Å². The SMILES string of the molecule is C=CCSCC(=O)Nc1cc(Cl)cc(Cl)c1. The molecule has 0 aromatic heterocycles. The molecule has 0 fully saturated rings. The van der Waals surface area contributed by atoms with Gasteiger partial charge >= 0.3 is 0 Å². The van der Waals surface area contributed by atoms with Gasteiger partial charge in [-0.3, -0.25) is 4.79 Å². The van der Waals surface area contributed by atoms with E-state index >= 15 is 0 Å². The van der Waals surface area contributed by atoms with Crippen LogP contribution in [0.3, 0.4) is 0 Å². The molecule has 0 aliphatic rings. The minimum Gasteiger partial charge on any atom is -0.325 e. The van der Waals surface area contributed by atoms with Gasteiger partial charge in [-0.25, -0.2) is 0 Å². The van der Waals surface area contributed by atoms with Crippen LogP contribution in [0.5, 0.6) is 0 Å². The van der Waals surface area contributed by atoms with Crippen molar-refractivity contribution in [2.24, 2.45) is 0 Å². The van der Waals surface area contributed by atoms with Gasteiger partial charge in [-0.2, -0.15) is 0 Å². The Morgan fingerprint density at radius 1 is 1.38 bits per heavy atom. The van der Waals surface area contributed by atoms with Crippen LogP contribution in [0.4, 0.5) is 5.69 Å². The maximum Gasteiger partial charge on any atom is 0.234 e. The highest BCUT2D eigenvalue weighted by Crippen LogP contribution is 2.22. The molecule has 5 heteroatoms. The Balaban J connectivity index is 2.52. The lowest BCUT2D eigenvalue weighted by molar-refractivity contribution is -0.113. The van der Waals surface area contributed by atoms with E-state index in [1.165, 1.54) is 11.8 Å². The molecule has 1 N–H and O–H groups in total. The molecule has 1 rings (SSSR count). The molecule has 1 amide bonds. The summed E-state index contributed by atoms with van der Waals surface area (Å²) in [5.74, 6) is 1.06. The van der Waals surface area contributed by atoms with E-state index in [0.717, 1.165) is 5.75 Å². The van der Waals surface area contributed by atoms with Crippen molar-refractivity contribution in [2.45, 2.75) is 0 Å². The number of benzene rings is 1. The molecule has 0 saturated carbocycles. The zero-order valence-electron chi connectivity index (χ0n) is 8.50. The second kappa shape index (κ2) is 6.84. The molecule has 1 aromatic carbocycles. The molecule has 0 spiro atoms. The first-order valence-corrected chi connectivity index (χ1v) is 6.47. The quantitative estimate of drug-likeness (QED) is 0.653. The summed E-state index contributed by atoms with van der Waals surface area (Å²) in [7, 11) is 0. The largest absolute Gasteiger partial charge is 0.325 e. The molecule has 16 heavy (non-hydrogen) atoms. The van der Waals surface area contributed by atoms with Gasteiger partial charge in [-0.05, 0) is 18.2 Å². The Morgan fingerprint density at radius 2 is 2.00 bits per heavy atom. The van der Waals surface area contributed by atoms with Crippen LogP contribution in [0.1, 0.15) is 0 Å². The molecule has 0 saturated heterocycles. The molecule has 0 bridgehead atoms. The van der Waals surface area contributed by atoms with Crippen molar-refractivity contribution in [3.05, 3.63) is 40.9 Å². The van der Waals surface area contributed by atoms with Gasteiger partial charge in [0.15, 0.2) is 0 Å². The van der Waals surface area contributed by atoms with Gasteiger partial charge in [0.2, 0.25) is 5.91 Å². The Hall–Kier alpha value is -0.640. The number of amides is 1. The first-order chi connectivity index (χ1) is 7.61. The standard InChI is InChI=1S/C11H11Cl2NOS/c1-2-3-16-7-11(15)14-10-5-8(12)4-9(13)6-10/h2,4-6H,1,3,7H2,(H,14,15). The smallest absolute Gasteiger partial charge is 0.234 e. The predicted octanol–water partition coefficient (Wildman–Crippen LogP) is 3.85. The Labute approximate surface area is 109 Å². The first kappa shape index (κ1) is 13.4. The highest BCUT2D eigenvalue weighted by Gasteiger charge is 2.03. The van der Waals surface area contributed by atoms with Gasteiger partial charge in [-0.1, -0.05) is 29.3 Å². The molecule has 0 heterocycles. The third kappa shape index (κ3) is 4.92. The van der Waals surface area contributed by atoms with E-state index in [4.69, 9.17) is 23.2 Å². The Kier molecular flexibility index (Phi) is 5.74. The van der Waals surface area contributed by atoms with Gasteiger partial charge in [-0.15, -0.1) is 18.3 Å². The summed E-state index contributed by atoms with van der Waals surface area (Å²) < 4.78 is 0. The fraction of sp³-hybridized carbons (Fsp3) is 0.182. The molecule has 2 nitrogen and oxygen atoms in total. The van der Waals surface area contributed by atoms with Crippen molar-refractivity contribution in [3.8, 4) is 0 Å². The average molecular weight is 276 g/mol. The lowest BCUT2D eigenvalue weighted by Crippen LogP contribution is -2.14.